The van der Waals surface area contributed by atoms with E-state index in [0.29, 0.717) is 0 Å². The Hall–Kier alpha value is -0.590. The van der Waals surface area contributed by atoms with Gasteiger partial charge in [-0.3, -0.25) is 4.99 Å². The molecule has 0 aromatic carbocycles. The lowest BCUT2D eigenvalue weighted by atomic mass is 10.3. The van der Waals surface area contributed by atoms with Crippen LogP contribution in [0.4, 0.5) is 0 Å². The standard InChI is InChI=1S/C5H7N/c1-2-4-6-5-3-1/h1-2,5H,3-4H2/i4D. The summed E-state index contributed by atoms with van der Waals surface area (Å²) in [5.74, 6) is 0. The Labute approximate surface area is 38.8 Å². The third-order valence-corrected chi connectivity index (χ3v) is 0.655. The maximum atomic E-state index is 6.99. The van der Waals surface area contributed by atoms with Gasteiger partial charge in [-0.05, 0) is 0 Å². The Bertz CT molecular complexity index is 94.6. The van der Waals surface area contributed by atoms with E-state index in [2.05, 4.69) is 4.99 Å². The molecule has 0 aromatic rings. The van der Waals surface area contributed by atoms with Crippen molar-refractivity contribution < 1.29 is 1.37 Å². The van der Waals surface area contributed by atoms with Crippen molar-refractivity contribution in [3.05, 3.63) is 12.2 Å². The highest BCUT2D eigenvalue weighted by Crippen LogP contribution is 1.85. The molecule has 0 saturated heterocycles. The number of hydrogen-bond acceptors (Lipinski definition) is 1. The minimum absolute atomic E-state index is 0.325. The third-order valence-electron chi connectivity index (χ3n) is 0.655. The Morgan fingerprint density at radius 1 is 1.67 bits per heavy atom. The Morgan fingerprint density at radius 2 is 2.67 bits per heavy atom. The maximum Gasteiger partial charge on any atom is 0.0566 e. The van der Waals surface area contributed by atoms with Crippen LogP contribution in [0.5, 0.6) is 0 Å². The van der Waals surface area contributed by atoms with Crippen LogP contribution in [0, 0.1) is 0 Å². The molecule has 1 aliphatic rings. The first-order chi connectivity index (χ1) is 3.39. The Kier molecular flexibility index (Phi) is 0.748. The predicted molar refractivity (Wildman–Crippen MR) is 27.1 cm³/mol. The average molecular weight is 82.1 g/mol. The van der Waals surface area contributed by atoms with Crippen molar-refractivity contribution in [2.45, 2.75) is 6.42 Å². The van der Waals surface area contributed by atoms with Crippen LogP contribution in [-0.4, -0.2) is 12.7 Å². The van der Waals surface area contributed by atoms with E-state index in [1.54, 1.807) is 12.3 Å². The molecule has 0 amide bonds. The zero-order valence-corrected chi connectivity index (χ0v) is 3.46. The molecule has 1 heterocycles. The molecule has 1 heteroatoms. The van der Waals surface area contributed by atoms with Gasteiger partial charge in [0.05, 0.1) is 7.89 Å². The number of allylic oxidation sites excluding steroid dienone is 1. The minimum atomic E-state index is -0.325. The van der Waals surface area contributed by atoms with Crippen molar-refractivity contribution in [2.75, 3.05) is 6.52 Å². The van der Waals surface area contributed by atoms with Gasteiger partial charge in [0.1, 0.15) is 0 Å². The van der Waals surface area contributed by atoms with Gasteiger partial charge in [0, 0.05) is 12.6 Å². The van der Waals surface area contributed by atoms with Gasteiger partial charge in [0.15, 0.2) is 0 Å². The summed E-state index contributed by atoms with van der Waals surface area (Å²) in [6.45, 7) is -0.325. The van der Waals surface area contributed by atoms with Crippen LogP contribution in [0.1, 0.15) is 7.79 Å². The summed E-state index contributed by atoms with van der Waals surface area (Å²) in [6.07, 6.45) is 6.39. The van der Waals surface area contributed by atoms with E-state index in [-0.39, 0.29) is 6.52 Å². The topological polar surface area (TPSA) is 12.4 Å². The Morgan fingerprint density at radius 3 is 3.00 bits per heavy atom. The molecule has 0 aromatic heterocycles. The van der Waals surface area contributed by atoms with Gasteiger partial charge >= 0.3 is 0 Å². The number of hydrogen-bond donors (Lipinski definition) is 0. The molecule has 6 heavy (non-hydrogen) atoms. The number of aliphatic imine (C=N–C) groups is 1. The van der Waals surface area contributed by atoms with Crippen molar-refractivity contribution in [3.63, 3.8) is 0 Å². The second-order valence-corrected chi connectivity index (χ2v) is 1.14. The van der Waals surface area contributed by atoms with Gasteiger partial charge in [-0.1, -0.05) is 12.2 Å². The predicted octanol–water partition coefficient (Wildman–Crippen LogP) is 1.02. The average Bonchev–Trinajstić information content (AvgIpc) is 1.69. The molecule has 0 aliphatic carbocycles. The summed E-state index contributed by atoms with van der Waals surface area (Å²) in [5, 5.41) is 0. The summed E-state index contributed by atoms with van der Waals surface area (Å²) in [5.41, 5.74) is 0. The first-order valence-electron chi connectivity index (χ1n) is 2.58. The molecule has 0 saturated carbocycles. The lowest BCUT2D eigenvalue weighted by Crippen LogP contribution is -1.80. The molecule has 1 atom stereocenters. The number of rotatable bonds is 0. The van der Waals surface area contributed by atoms with Crippen LogP contribution in [-0.2, 0) is 0 Å². The van der Waals surface area contributed by atoms with Gasteiger partial charge in [0.2, 0.25) is 0 Å². The number of dihydropyridines is 1. The van der Waals surface area contributed by atoms with Crippen LogP contribution in [0.15, 0.2) is 17.1 Å². The molecule has 1 nitrogen and oxygen atoms in total. The van der Waals surface area contributed by atoms with Crippen molar-refractivity contribution in [1.29, 1.82) is 0 Å². The molecule has 0 fully saturated rings. The van der Waals surface area contributed by atoms with E-state index < -0.39 is 0 Å². The molecule has 32 valence electrons. The first-order valence-corrected chi connectivity index (χ1v) is 2.00. The lowest BCUT2D eigenvalue weighted by molar-refractivity contribution is 1.19. The smallest absolute Gasteiger partial charge is 0.0566 e. The summed E-state index contributed by atoms with van der Waals surface area (Å²) in [4.78, 5) is 3.78. The maximum absolute atomic E-state index is 6.99. The van der Waals surface area contributed by atoms with Gasteiger partial charge in [-0.15, -0.1) is 0 Å². The van der Waals surface area contributed by atoms with Crippen LogP contribution < -0.4 is 0 Å². The van der Waals surface area contributed by atoms with Crippen molar-refractivity contribution in [3.8, 4) is 0 Å². The summed E-state index contributed by atoms with van der Waals surface area (Å²) in [7, 11) is 0. The van der Waals surface area contributed by atoms with Crippen LogP contribution in [0.25, 0.3) is 0 Å². The highest BCUT2D eigenvalue weighted by atomic mass is 14.7. The summed E-state index contributed by atoms with van der Waals surface area (Å²) >= 11 is 0. The highest BCUT2D eigenvalue weighted by Gasteiger charge is 1.76. The fraction of sp³-hybridized carbons (Fsp3) is 0.400. The van der Waals surface area contributed by atoms with E-state index >= 15 is 0 Å². The molecule has 1 aliphatic heterocycles. The second-order valence-electron chi connectivity index (χ2n) is 1.14. The second kappa shape index (κ2) is 1.75. The first kappa shape index (κ1) is 2.56. The van der Waals surface area contributed by atoms with Crippen molar-refractivity contribution in [1.82, 2.24) is 0 Å². The number of nitrogens with zero attached hydrogens (tertiary/aromatic N) is 1. The van der Waals surface area contributed by atoms with E-state index in [0.717, 1.165) is 6.42 Å². The fourth-order valence-electron chi connectivity index (χ4n) is 0.372. The van der Waals surface area contributed by atoms with Crippen LogP contribution >= 0.6 is 0 Å². The highest BCUT2D eigenvalue weighted by molar-refractivity contribution is 5.60. The molecular weight excluding hydrogens is 74.1 g/mol. The lowest BCUT2D eigenvalue weighted by Gasteiger charge is -1.87. The van der Waals surface area contributed by atoms with Crippen LogP contribution in [0.3, 0.4) is 0 Å². The molecular formula is C5H7N. The van der Waals surface area contributed by atoms with E-state index in [4.69, 9.17) is 1.37 Å². The fourth-order valence-corrected chi connectivity index (χ4v) is 0.372. The summed E-state index contributed by atoms with van der Waals surface area (Å²) in [6, 6.07) is 0. The molecule has 1 unspecified atom stereocenters. The quantitative estimate of drug-likeness (QED) is 0.387. The van der Waals surface area contributed by atoms with Crippen molar-refractivity contribution >= 4 is 6.21 Å². The molecule has 0 spiro atoms. The SMILES string of the molecule is [2H]C1C=CCC=N1. The van der Waals surface area contributed by atoms with Gasteiger partial charge in [-0.25, -0.2) is 0 Å². The molecule has 0 bridgehead atoms. The largest absolute Gasteiger partial charge is 0.293 e. The Balaban J connectivity index is 2.49. The molecule has 0 radical (unpaired) electrons. The zero-order chi connectivity index (χ0) is 5.11. The van der Waals surface area contributed by atoms with Crippen LogP contribution in [0.2, 0.25) is 0 Å². The van der Waals surface area contributed by atoms with Gasteiger partial charge < -0.3 is 0 Å². The third kappa shape index (κ3) is 0.677. The van der Waals surface area contributed by atoms with E-state index in [1.807, 2.05) is 6.08 Å². The zero-order valence-electron chi connectivity index (χ0n) is 4.46. The summed E-state index contributed by atoms with van der Waals surface area (Å²) < 4.78 is 6.99. The van der Waals surface area contributed by atoms with Crippen molar-refractivity contribution in [2.24, 2.45) is 4.99 Å². The van der Waals surface area contributed by atoms with Gasteiger partial charge in [-0.2, -0.15) is 0 Å². The van der Waals surface area contributed by atoms with E-state index in [9.17, 15) is 0 Å². The normalized spacial score (nSPS) is 33.3. The van der Waals surface area contributed by atoms with Gasteiger partial charge in [0.25, 0.3) is 0 Å². The van der Waals surface area contributed by atoms with E-state index in [1.165, 1.54) is 0 Å². The molecule has 1 rings (SSSR count). The minimum Gasteiger partial charge on any atom is -0.293 e. The molecule has 0 N–H and O–H groups in total. The monoisotopic (exact) mass is 82.1 g/mol.